The van der Waals surface area contributed by atoms with Crippen molar-refractivity contribution in [2.75, 3.05) is 16.8 Å². The molecule has 2 aliphatic heterocycles. The molecule has 1 saturated heterocycles. The molecule has 4 rings (SSSR count). The van der Waals surface area contributed by atoms with Gasteiger partial charge in [0.25, 0.3) is 15.9 Å². The summed E-state index contributed by atoms with van der Waals surface area (Å²) in [7, 11) is -3.97. The number of alkyl halides is 2. The molecule has 164 valence electrons. The van der Waals surface area contributed by atoms with Crippen molar-refractivity contribution >= 4 is 44.7 Å². The highest BCUT2D eigenvalue weighted by atomic mass is 35.5. The number of amides is 1. The lowest BCUT2D eigenvalue weighted by atomic mass is 10.1. The Morgan fingerprint density at radius 2 is 1.90 bits per heavy atom. The maximum atomic E-state index is 12.7. The summed E-state index contributed by atoms with van der Waals surface area (Å²) in [5.41, 5.74) is 0.684. The number of halogens is 3. The number of ether oxygens (including phenoxy) is 1. The van der Waals surface area contributed by atoms with Crippen LogP contribution in [0.25, 0.3) is 0 Å². The van der Waals surface area contributed by atoms with Gasteiger partial charge in [0.1, 0.15) is 16.5 Å². The molecule has 1 amide bonds. The Bertz CT molecular complexity index is 1150. The number of rotatable bonds is 4. The van der Waals surface area contributed by atoms with Gasteiger partial charge in [0.2, 0.25) is 0 Å². The second-order valence-electron chi connectivity index (χ2n) is 7.10. The van der Waals surface area contributed by atoms with Gasteiger partial charge in [-0.15, -0.1) is 4.40 Å². The third kappa shape index (κ3) is 4.49. The van der Waals surface area contributed by atoms with E-state index in [1.54, 1.807) is 0 Å². The normalized spacial score (nSPS) is 17.3. The van der Waals surface area contributed by atoms with E-state index in [-0.39, 0.29) is 21.2 Å². The van der Waals surface area contributed by atoms with Gasteiger partial charge in [-0.25, -0.2) is 0 Å². The van der Waals surface area contributed by atoms with E-state index in [1.807, 2.05) is 4.90 Å². The molecule has 1 N–H and O–H groups in total. The van der Waals surface area contributed by atoms with Gasteiger partial charge in [-0.1, -0.05) is 18.0 Å². The van der Waals surface area contributed by atoms with Crippen LogP contribution in [0.5, 0.6) is 5.75 Å². The molecule has 11 heteroatoms. The molecule has 7 nitrogen and oxygen atoms in total. The molecule has 0 radical (unpaired) electrons. The number of fused-ring (bicyclic) bond motifs is 3. The number of nitrogens with zero attached hydrogens (tertiary/aromatic N) is 2. The lowest BCUT2D eigenvalue weighted by Gasteiger charge is -2.30. The van der Waals surface area contributed by atoms with Crippen LogP contribution in [0.2, 0.25) is 5.02 Å². The molecule has 2 heterocycles. The van der Waals surface area contributed by atoms with Crippen molar-refractivity contribution in [3.8, 4) is 5.75 Å². The van der Waals surface area contributed by atoms with Gasteiger partial charge in [-0.2, -0.15) is 17.2 Å². The quantitative estimate of drug-likeness (QED) is 0.702. The average molecular weight is 470 g/mol. The van der Waals surface area contributed by atoms with Crippen molar-refractivity contribution in [1.29, 1.82) is 0 Å². The number of nitrogens with one attached hydrogen (secondary N) is 1. The van der Waals surface area contributed by atoms with E-state index < -0.39 is 22.5 Å². The van der Waals surface area contributed by atoms with Gasteiger partial charge in [0.15, 0.2) is 0 Å². The first-order valence-electron chi connectivity index (χ1n) is 9.56. The first-order chi connectivity index (χ1) is 14.7. The topological polar surface area (TPSA) is 88.1 Å². The highest BCUT2D eigenvalue weighted by molar-refractivity contribution is 7.90. The molecule has 31 heavy (non-hydrogen) atoms. The zero-order valence-corrected chi connectivity index (χ0v) is 17.7. The summed E-state index contributed by atoms with van der Waals surface area (Å²) in [4.78, 5) is 14.5. The van der Waals surface area contributed by atoms with Crippen LogP contribution in [0.15, 0.2) is 45.7 Å². The van der Waals surface area contributed by atoms with Crippen LogP contribution >= 0.6 is 11.6 Å². The molecule has 0 aliphatic carbocycles. The van der Waals surface area contributed by atoms with Crippen molar-refractivity contribution in [2.24, 2.45) is 4.40 Å². The largest absolute Gasteiger partial charge is 0.435 e. The third-order valence-corrected chi connectivity index (χ3v) is 6.67. The van der Waals surface area contributed by atoms with Crippen molar-refractivity contribution in [3.05, 3.63) is 47.0 Å². The summed E-state index contributed by atoms with van der Waals surface area (Å²) in [6.07, 6.45) is 3.28. The van der Waals surface area contributed by atoms with E-state index >= 15 is 0 Å². The average Bonchev–Trinajstić information content (AvgIpc) is 2.93. The Morgan fingerprint density at radius 3 is 2.61 bits per heavy atom. The highest BCUT2D eigenvalue weighted by Gasteiger charge is 2.33. The minimum atomic E-state index is -3.97. The molecule has 2 aromatic rings. The van der Waals surface area contributed by atoms with E-state index in [2.05, 4.69) is 14.5 Å². The molecule has 0 bridgehead atoms. The predicted molar refractivity (Wildman–Crippen MR) is 113 cm³/mol. The summed E-state index contributed by atoms with van der Waals surface area (Å²) in [6.45, 7) is -2.33. The van der Waals surface area contributed by atoms with Crippen LogP contribution in [-0.4, -0.2) is 33.3 Å². The summed E-state index contributed by atoms with van der Waals surface area (Å²) in [5.74, 6) is -0.211. The van der Waals surface area contributed by atoms with E-state index in [0.29, 0.717) is 30.2 Å². The lowest BCUT2D eigenvalue weighted by Crippen LogP contribution is -2.35. The van der Waals surface area contributed by atoms with Crippen LogP contribution in [-0.2, 0) is 10.0 Å². The van der Waals surface area contributed by atoms with E-state index in [9.17, 15) is 22.0 Å². The maximum Gasteiger partial charge on any atom is 0.387 e. The Morgan fingerprint density at radius 1 is 1.16 bits per heavy atom. The Balaban J connectivity index is 1.63. The molecular formula is C20H18ClF2N3O4S. The number of carbonyl (C=O) groups excluding carboxylic acids is 1. The van der Waals surface area contributed by atoms with Crippen LogP contribution in [0.3, 0.4) is 0 Å². The molecule has 0 unspecified atom stereocenters. The number of carbonyl (C=O) groups is 1. The van der Waals surface area contributed by atoms with Crippen molar-refractivity contribution in [3.63, 3.8) is 0 Å². The van der Waals surface area contributed by atoms with Crippen LogP contribution in [0, 0.1) is 0 Å². The molecule has 0 spiro atoms. The Labute approximate surface area is 182 Å². The number of benzene rings is 2. The molecule has 0 saturated carbocycles. The van der Waals surface area contributed by atoms with Gasteiger partial charge < -0.3 is 15.0 Å². The Kier molecular flexibility index (Phi) is 5.85. The standard InChI is InChI=1S/C20H18ClF2N3O4S/c21-15-11-16-17(31(28,29)25-18-4-2-1-3-9-26(16)18)10-14(15)19(27)24-12-5-7-13(8-6-12)30-20(22)23/h5-8,10-11,20H,1-4,9H2,(H,24,27). The number of hydrogen-bond acceptors (Lipinski definition) is 5. The van der Waals surface area contributed by atoms with Gasteiger partial charge in [-0.3, -0.25) is 4.79 Å². The SMILES string of the molecule is O=C(Nc1ccc(OC(F)F)cc1)c1cc2c(cc1Cl)N1CCCCCC1=NS2(=O)=O. The molecule has 1 fully saturated rings. The van der Waals surface area contributed by atoms with Crippen molar-refractivity contribution in [2.45, 2.75) is 37.2 Å². The second-order valence-corrected chi connectivity index (χ2v) is 9.08. The van der Waals surface area contributed by atoms with Crippen LogP contribution in [0.4, 0.5) is 20.2 Å². The molecule has 2 aromatic carbocycles. The number of anilines is 2. The molecular weight excluding hydrogens is 452 g/mol. The first kappa shape index (κ1) is 21.5. The van der Waals surface area contributed by atoms with E-state index in [0.717, 1.165) is 19.3 Å². The number of sulfonamides is 1. The Hall–Kier alpha value is -2.72. The van der Waals surface area contributed by atoms with Crippen LogP contribution in [0.1, 0.15) is 36.0 Å². The minimum Gasteiger partial charge on any atom is -0.435 e. The lowest BCUT2D eigenvalue weighted by molar-refractivity contribution is -0.0498. The monoisotopic (exact) mass is 469 g/mol. The highest BCUT2D eigenvalue weighted by Crippen LogP contribution is 2.38. The zero-order chi connectivity index (χ0) is 22.2. The van der Waals surface area contributed by atoms with Gasteiger partial charge in [-0.05, 0) is 49.2 Å². The first-order valence-corrected chi connectivity index (χ1v) is 11.4. The summed E-state index contributed by atoms with van der Waals surface area (Å²) in [6, 6.07) is 8.01. The van der Waals surface area contributed by atoms with E-state index in [1.165, 1.54) is 36.4 Å². The fraction of sp³-hybridized carbons (Fsp3) is 0.300. The van der Waals surface area contributed by atoms with Gasteiger partial charge in [0, 0.05) is 18.7 Å². The van der Waals surface area contributed by atoms with Gasteiger partial charge in [0.05, 0.1) is 16.3 Å². The summed E-state index contributed by atoms with van der Waals surface area (Å²) < 4.78 is 58.2. The predicted octanol–water partition coefficient (Wildman–Crippen LogP) is 4.67. The second kappa shape index (κ2) is 8.43. The van der Waals surface area contributed by atoms with Gasteiger partial charge >= 0.3 is 6.61 Å². The van der Waals surface area contributed by atoms with E-state index in [4.69, 9.17) is 11.6 Å². The third-order valence-electron chi connectivity index (χ3n) is 5.02. The molecule has 2 aliphatic rings. The molecule has 0 aromatic heterocycles. The summed E-state index contributed by atoms with van der Waals surface area (Å²) >= 11 is 6.34. The maximum absolute atomic E-state index is 12.7. The zero-order valence-electron chi connectivity index (χ0n) is 16.1. The number of hydrogen-bond donors (Lipinski definition) is 1. The summed E-state index contributed by atoms with van der Waals surface area (Å²) in [5, 5.41) is 2.66. The van der Waals surface area contributed by atoms with Crippen molar-refractivity contribution < 1.29 is 26.7 Å². The number of amidine groups is 1. The fourth-order valence-electron chi connectivity index (χ4n) is 3.59. The van der Waals surface area contributed by atoms with Crippen molar-refractivity contribution in [1.82, 2.24) is 0 Å². The smallest absolute Gasteiger partial charge is 0.387 e. The molecule has 0 atom stereocenters. The minimum absolute atomic E-state index is 0.0367. The fourth-order valence-corrected chi connectivity index (χ4v) is 5.10. The van der Waals surface area contributed by atoms with Crippen LogP contribution < -0.4 is 15.0 Å².